The molecule has 106 valence electrons. The lowest BCUT2D eigenvalue weighted by atomic mass is 9.66. The SMILES string of the molecule is CC1CCCC(N)(Cc2ccnc3ccccc23)C1C. The number of pyridine rings is 1. The van der Waals surface area contributed by atoms with Crippen molar-refractivity contribution in [3.05, 3.63) is 42.1 Å². The fraction of sp³-hybridized carbons (Fsp3) is 0.500. The Labute approximate surface area is 121 Å². The first-order chi connectivity index (χ1) is 9.60. The van der Waals surface area contributed by atoms with E-state index in [0.29, 0.717) is 5.92 Å². The van der Waals surface area contributed by atoms with Crippen LogP contribution in [0, 0.1) is 11.8 Å². The Bertz CT molecular complexity index is 602. The molecule has 2 nitrogen and oxygen atoms in total. The first kappa shape index (κ1) is 13.6. The quantitative estimate of drug-likeness (QED) is 0.896. The normalized spacial score (nSPS) is 30.6. The molecule has 2 aromatic rings. The molecule has 3 atom stereocenters. The minimum atomic E-state index is -0.0677. The molecule has 20 heavy (non-hydrogen) atoms. The van der Waals surface area contributed by atoms with E-state index in [1.807, 2.05) is 12.3 Å². The molecule has 1 fully saturated rings. The highest BCUT2D eigenvalue weighted by atomic mass is 14.8. The summed E-state index contributed by atoms with van der Waals surface area (Å²) >= 11 is 0. The van der Waals surface area contributed by atoms with Crippen LogP contribution in [0.4, 0.5) is 0 Å². The van der Waals surface area contributed by atoms with Gasteiger partial charge in [-0.1, -0.05) is 44.9 Å². The van der Waals surface area contributed by atoms with Crippen LogP contribution in [0.15, 0.2) is 36.5 Å². The lowest BCUT2D eigenvalue weighted by molar-refractivity contribution is 0.144. The number of nitrogens with two attached hydrogens (primary N) is 1. The average molecular weight is 268 g/mol. The van der Waals surface area contributed by atoms with Crippen LogP contribution < -0.4 is 5.73 Å². The zero-order valence-electron chi connectivity index (χ0n) is 12.5. The van der Waals surface area contributed by atoms with Crippen molar-refractivity contribution >= 4 is 10.9 Å². The maximum absolute atomic E-state index is 6.80. The number of fused-ring (bicyclic) bond motifs is 1. The van der Waals surface area contributed by atoms with Crippen LogP contribution in [0.1, 0.15) is 38.7 Å². The summed E-state index contributed by atoms with van der Waals surface area (Å²) in [6.07, 6.45) is 6.58. The number of rotatable bonds is 2. The molecule has 1 aromatic heterocycles. The van der Waals surface area contributed by atoms with E-state index in [1.54, 1.807) is 0 Å². The molecule has 0 radical (unpaired) electrons. The van der Waals surface area contributed by atoms with Gasteiger partial charge in [-0.25, -0.2) is 0 Å². The van der Waals surface area contributed by atoms with Gasteiger partial charge in [-0.15, -0.1) is 0 Å². The molecule has 0 aliphatic heterocycles. The Balaban J connectivity index is 1.96. The monoisotopic (exact) mass is 268 g/mol. The van der Waals surface area contributed by atoms with Gasteiger partial charge in [0.05, 0.1) is 5.52 Å². The summed E-state index contributed by atoms with van der Waals surface area (Å²) < 4.78 is 0. The minimum absolute atomic E-state index is 0.0677. The molecule has 1 aliphatic carbocycles. The highest BCUT2D eigenvalue weighted by molar-refractivity contribution is 5.81. The summed E-state index contributed by atoms with van der Waals surface area (Å²) in [6.45, 7) is 4.67. The topological polar surface area (TPSA) is 38.9 Å². The second-order valence-corrected chi connectivity index (χ2v) is 6.56. The van der Waals surface area contributed by atoms with Gasteiger partial charge >= 0.3 is 0 Å². The number of nitrogens with zero attached hydrogens (tertiary/aromatic N) is 1. The van der Waals surface area contributed by atoms with Crippen molar-refractivity contribution in [2.75, 3.05) is 0 Å². The van der Waals surface area contributed by atoms with E-state index >= 15 is 0 Å². The van der Waals surface area contributed by atoms with Crippen molar-refractivity contribution in [1.82, 2.24) is 4.98 Å². The molecule has 0 bridgehead atoms. The maximum Gasteiger partial charge on any atom is 0.0704 e. The maximum atomic E-state index is 6.80. The Morgan fingerprint density at radius 2 is 2.05 bits per heavy atom. The smallest absolute Gasteiger partial charge is 0.0704 e. The molecule has 2 heteroatoms. The van der Waals surface area contributed by atoms with E-state index in [2.05, 4.69) is 43.1 Å². The van der Waals surface area contributed by atoms with Crippen molar-refractivity contribution in [1.29, 1.82) is 0 Å². The van der Waals surface area contributed by atoms with Crippen LogP contribution in [0.25, 0.3) is 10.9 Å². The zero-order valence-corrected chi connectivity index (χ0v) is 12.5. The zero-order chi connectivity index (χ0) is 14.2. The third-order valence-electron chi connectivity index (χ3n) is 5.32. The third kappa shape index (κ3) is 2.33. The molecule has 0 amide bonds. The van der Waals surface area contributed by atoms with E-state index < -0.39 is 0 Å². The van der Waals surface area contributed by atoms with Crippen molar-refractivity contribution in [3.8, 4) is 0 Å². The first-order valence-electron chi connectivity index (χ1n) is 7.72. The van der Waals surface area contributed by atoms with Crippen molar-refractivity contribution in [3.63, 3.8) is 0 Å². The predicted octanol–water partition coefficient (Wildman–Crippen LogP) is 3.93. The molecule has 1 aromatic carbocycles. The number of para-hydroxylation sites is 1. The molecule has 1 aliphatic rings. The second kappa shape index (κ2) is 5.17. The van der Waals surface area contributed by atoms with Crippen LogP contribution in [0.3, 0.4) is 0 Å². The van der Waals surface area contributed by atoms with Crippen LogP contribution >= 0.6 is 0 Å². The molecule has 3 unspecified atom stereocenters. The van der Waals surface area contributed by atoms with E-state index in [0.717, 1.165) is 24.3 Å². The standard InChI is InChI=1S/C18H24N2/c1-13-6-5-10-18(19,14(13)2)12-15-9-11-20-17-8-4-3-7-16(15)17/h3-4,7-9,11,13-14H,5-6,10,12,19H2,1-2H3. The molecule has 3 rings (SSSR count). The third-order valence-corrected chi connectivity index (χ3v) is 5.32. The minimum Gasteiger partial charge on any atom is -0.325 e. The van der Waals surface area contributed by atoms with Gasteiger partial charge in [-0.3, -0.25) is 4.98 Å². The van der Waals surface area contributed by atoms with Gasteiger partial charge in [0.1, 0.15) is 0 Å². The van der Waals surface area contributed by atoms with Crippen molar-refractivity contribution in [2.45, 2.75) is 45.1 Å². The Kier molecular flexibility index (Phi) is 3.51. The number of hydrogen-bond donors (Lipinski definition) is 1. The van der Waals surface area contributed by atoms with Crippen LogP contribution in [-0.4, -0.2) is 10.5 Å². The van der Waals surface area contributed by atoms with Crippen LogP contribution in [0.5, 0.6) is 0 Å². The summed E-state index contributed by atoms with van der Waals surface area (Å²) in [4.78, 5) is 4.45. The fourth-order valence-electron chi connectivity index (χ4n) is 3.71. The summed E-state index contributed by atoms with van der Waals surface area (Å²) in [5, 5.41) is 1.25. The molecule has 0 saturated heterocycles. The summed E-state index contributed by atoms with van der Waals surface area (Å²) in [5.74, 6) is 1.30. The summed E-state index contributed by atoms with van der Waals surface area (Å²) in [6, 6.07) is 10.5. The number of aromatic nitrogens is 1. The lowest BCUT2D eigenvalue weighted by Crippen LogP contribution is -2.52. The Morgan fingerprint density at radius 3 is 2.90 bits per heavy atom. The van der Waals surface area contributed by atoms with Gasteiger partial charge in [-0.05, 0) is 42.4 Å². The van der Waals surface area contributed by atoms with Crippen molar-refractivity contribution < 1.29 is 0 Å². The van der Waals surface area contributed by atoms with Gasteiger partial charge in [0.25, 0.3) is 0 Å². The Hall–Kier alpha value is -1.41. The molecule has 0 spiro atoms. The van der Waals surface area contributed by atoms with Gasteiger partial charge in [-0.2, -0.15) is 0 Å². The average Bonchev–Trinajstić information content (AvgIpc) is 2.45. The van der Waals surface area contributed by atoms with Crippen LogP contribution in [-0.2, 0) is 6.42 Å². The second-order valence-electron chi connectivity index (χ2n) is 6.56. The highest BCUT2D eigenvalue weighted by Gasteiger charge is 2.38. The van der Waals surface area contributed by atoms with Gasteiger partial charge in [0.2, 0.25) is 0 Å². The van der Waals surface area contributed by atoms with E-state index in [1.165, 1.54) is 23.8 Å². The molecule has 2 N–H and O–H groups in total. The van der Waals surface area contributed by atoms with Gasteiger partial charge < -0.3 is 5.73 Å². The number of benzene rings is 1. The van der Waals surface area contributed by atoms with E-state index in [9.17, 15) is 0 Å². The van der Waals surface area contributed by atoms with Crippen molar-refractivity contribution in [2.24, 2.45) is 17.6 Å². The Morgan fingerprint density at radius 1 is 1.25 bits per heavy atom. The summed E-state index contributed by atoms with van der Waals surface area (Å²) in [7, 11) is 0. The first-order valence-corrected chi connectivity index (χ1v) is 7.72. The fourth-order valence-corrected chi connectivity index (χ4v) is 3.71. The predicted molar refractivity (Wildman–Crippen MR) is 84.5 cm³/mol. The molecule has 1 heterocycles. The highest BCUT2D eigenvalue weighted by Crippen LogP contribution is 2.38. The summed E-state index contributed by atoms with van der Waals surface area (Å²) in [5.41, 5.74) is 9.15. The van der Waals surface area contributed by atoms with E-state index in [-0.39, 0.29) is 5.54 Å². The molecule has 1 saturated carbocycles. The van der Waals surface area contributed by atoms with E-state index in [4.69, 9.17) is 5.73 Å². The largest absolute Gasteiger partial charge is 0.325 e. The van der Waals surface area contributed by atoms with Gasteiger partial charge in [0.15, 0.2) is 0 Å². The molecular weight excluding hydrogens is 244 g/mol. The van der Waals surface area contributed by atoms with Crippen LogP contribution in [0.2, 0.25) is 0 Å². The van der Waals surface area contributed by atoms with Gasteiger partial charge in [0, 0.05) is 17.1 Å². The number of hydrogen-bond acceptors (Lipinski definition) is 2. The lowest BCUT2D eigenvalue weighted by Gasteiger charge is -2.43. The molecular formula is C18H24N2.